The van der Waals surface area contributed by atoms with Crippen molar-refractivity contribution >= 4 is 0 Å². The molecule has 1 fully saturated rings. The summed E-state index contributed by atoms with van der Waals surface area (Å²) in [6.45, 7) is 1.47. The van der Waals surface area contributed by atoms with Gasteiger partial charge in [0.2, 0.25) is 0 Å². The van der Waals surface area contributed by atoms with Crippen LogP contribution in [-0.2, 0) is 15.9 Å². The van der Waals surface area contributed by atoms with Gasteiger partial charge in [0.1, 0.15) is 6.20 Å². The summed E-state index contributed by atoms with van der Waals surface area (Å²) >= 11 is 0. The molecule has 1 unspecified atom stereocenters. The molecule has 0 N–H and O–H groups in total. The molecule has 1 radical (unpaired) electrons. The Morgan fingerprint density at radius 3 is 3.27 bits per heavy atom. The van der Waals surface area contributed by atoms with Gasteiger partial charge in [-0.2, -0.15) is 0 Å². The first-order valence-corrected chi connectivity index (χ1v) is 5.35. The van der Waals surface area contributed by atoms with Crippen LogP contribution in [0.4, 0.5) is 0 Å². The third-order valence-electron chi connectivity index (χ3n) is 2.38. The lowest BCUT2D eigenvalue weighted by atomic mass is 10.2. The Labute approximate surface area is 89.6 Å². The molecular formula is C11H15N2O2. The van der Waals surface area contributed by atoms with Crippen LogP contribution < -0.4 is 0 Å². The Balaban J connectivity index is 1.66. The number of ether oxygens (including phenoxy) is 2. The quantitative estimate of drug-likeness (QED) is 0.747. The molecule has 1 saturated heterocycles. The molecule has 1 aromatic rings. The highest BCUT2D eigenvalue weighted by Crippen LogP contribution is 2.13. The van der Waals surface area contributed by atoms with E-state index in [2.05, 4.69) is 16.2 Å². The summed E-state index contributed by atoms with van der Waals surface area (Å²) in [6.07, 6.45) is 10.1. The van der Waals surface area contributed by atoms with Crippen LogP contribution in [0.25, 0.3) is 0 Å². The van der Waals surface area contributed by atoms with Gasteiger partial charge in [-0.25, -0.2) is 0 Å². The molecule has 15 heavy (non-hydrogen) atoms. The van der Waals surface area contributed by atoms with Crippen molar-refractivity contribution < 1.29 is 9.47 Å². The van der Waals surface area contributed by atoms with Crippen LogP contribution in [0.5, 0.6) is 0 Å². The fraction of sp³-hybridized carbons (Fsp3) is 0.636. The predicted octanol–water partition coefficient (Wildman–Crippen LogP) is 1.36. The van der Waals surface area contributed by atoms with E-state index in [4.69, 9.17) is 9.47 Å². The molecule has 4 nitrogen and oxygen atoms in total. The normalized spacial score (nSPS) is 21.5. The van der Waals surface area contributed by atoms with E-state index in [1.165, 1.54) is 6.42 Å². The van der Waals surface area contributed by atoms with Gasteiger partial charge < -0.3 is 9.47 Å². The first-order chi connectivity index (χ1) is 7.45. The molecule has 1 aromatic heterocycles. The highest BCUT2D eigenvalue weighted by molar-refractivity contribution is 4.93. The molecule has 4 heteroatoms. The second kappa shape index (κ2) is 5.78. The summed E-state index contributed by atoms with van der Waals surface area (Å²) in [4.78, 5) is 8.00. The van der Waals surface area contributed by atoms with Gasteiger partial charge in [0.05, 0.1) is 18.5 Å². The molecule has 2 heterocycles. The average Bonchev–Trinajstić information content (AvgIpc) is 2.32. The molecule has 1 atom stereocenters. The monoisotopic (exact) mass is 207 g/mol. The van der Waals surface area contributed by atoms with Gasteiger partial charge in [-0.1, -0.05) is 0 Å². The van der Waals surface area contributed by atoms with Gasteiger partial charge in [0, 0.05) is 19.2 Å². The standard InChI is InChI=1S/C11H15N2O2/c1-2-7-14-11(3-1)15-8-4-10-9-12-5-6-13-10/h6,9,11H,1-4,7-8H2. The number of hydrogen-bond acceptors (Lipinski definition) is 4. The third-order valence-corrected chi connectivity index (χ3v) is 2.38. The molecule has 2 rings (SSSR count). The molecule has 0 aromatic carbocycles. The zero-order valence-corrected chi connectivity index (χ0v) is 8.69. The van der Waals surface area contributed by atoms with Crippen LogP contribution in [0.1, 0.15) is 25.0 Å². The predicted molar refractivity (Wildman–Crippen MR) is 54.1 cm³/mol. The van der Waals surface area contributed by atoms with E-state index in [1.54, 1.807) is 12.4 Å². The topological polar surface area (TPSA) is 44.2 Å². The van der Waals surface area contributed by atoms with E-state index in [1.807, 2.05) is 0 Å². The van der Waals surface area contributed by atoms with Crippen LogP contribution in [0.3, 0.4) is 0 Å². The molecule has 0 spiro atoms. The average molecular weight is 207 g/mol. The van der Waals surface area contributed by atoms with Crippen LogP contribution in [0.2, 0.25) is 0 Å². The van der Waals surface area contributed by atoms with Crippen molar-refractivity contribution in [1.82, 2.24) is 9.97 Å². The second-order valence-electron chi connectivity index (χ2n) is 3.55. The van der Waals surface area contributed by atoms with Gasteiger partial charge in [0.15, 0.2) is 6.29 Å². The third kappa shape index (κ3) is 3.57. The van der Waals surface area contributed by atoms with Crippen molar-refractivity contribution in [1.29, 1.82) is 0 Å². The smallest absolute Gasteiger partial charge is 0.157 e. The summed E-state index contributed by atoms with van der Waals surface area (Å²) in [5, 5.41) is 0. The van der Waals surface area contributed by atoms with E-state index >= 15 is 0 Å². The van der Waals surface area contributed by atoms with Gasteiger partial charge in [0.25, 0.3) is 0 Å². The molecule has 0 aliphatic carbocycles. The van der Waals surface area contributed by atoms with Crippen LogP contribution in [-0.4, -0.2) is 29.5 Å². The van der Waals surface area contributed by atoms with Crippen molar-refractivity contribution in [2.45, 2.75) is 32.0 Å². The number of aromatic nitrogens is 2. The lowest BCUT2D eigenvalue weighted by Gasteiger charge is -2.22. The Kier molecular flexibility index (Phi) is 4.05. The van der Waals surface area contributed by atoms with Crippen LogP contribution >= 0.6 is 0 Å². The molecule has 81 valence electrons. The lowest BCUT2D eigenvalue weighted by Crippen LogP contribution is -2.23. The van der Waals surface area contributed by atoms with Crippen molar-refractivity contribution in [3.05, 3.63) is 24.3 Å². The zero-order valence-electron chi connectivity index (χ0n) is 8.69. The SMILES string of the molecule is [c]1cnc(CCOC2CCCCO2)cn1. The fourth-order valence-corrected chi connectivity index (χ4v) is 1.56. The van der Waals surface area contributed by atoms with Crippen LogP contribution in [0, 0.1) is 6.20 Å². The van der Waals surface area contributed by atoms with Gasteiger partial charge in [-0.15, -0.1) is 0 Å². The van der Waals surface area contributed by atoms with E-state index in [9.17, 15) is 0 Å². The minimum atomic E-state index is -0.0121. The van der Waals surface area contributed by atoms with Crippen LogP contribution in [0.15, 0.2) is 12.4 Å². The summed E-state index contributed by atoms with van der Waals surface area (Å²) in [5.74, 6) is 0. The second-order valence-corrected chi connectivity index (χ2v) is 3.55. The number of rotatable bonds is 4. The molecule has 1 aliphatic heterocycles. The van der Waals surface area contributed by atoms with E-state index in [0.29, 0.717) is 6.61 Å². The minimum Gasteiger partial charge on any atom is -0.353 e. The molecular weight excluding hydrogens is 192 g/mol. The maximum Gasteiger partial charge on any atom is 0.157 e. The first kappa shape index (κ1) is 10.5. The van der Waals surface area contributed by atoms with Crippen molar-refractivity contribution in [3.8, 4) is 0 Å². The summed E-state index contributed by atoms with van der Waals surface area (Å²) < 4.78 is 11.0. The van der Waals surface area contributed by atoms with Crippen molar-refractivity contribution in [2.75, 3.05) is 13.2 Å². The van der Waals surface area contributed by atoms with Gasteiger partial charge >= 0.3 is 0 Å². The van der Waals surface area contributed by atoms with E-state index in [0.717, 1.165) is 31.6 Å². The fourth-order valence-electron chi connectivity index (χ4n) is 1.56. The first-order valence-electron chi connectivity index (χ1n) is 5.35. The highest BCUT2D eigenvalue weighted by atomic mass is 16.7. The van der Waals surface area contributed by atoms with E-state index in [-0.39, 0.29) is 6.29 Å². The molecule has 0 saturated carbocycles. The summed E-state index contributed by atoms with van der Waals surface area (Å²) in [7, 11) is 0. The molecule has 0 amide bonds. The van der Waals surface area contributed by atoms with Crippen molar-refractivity contribution in [2.24, 2.45) is 0 Å². The Morgan fingerprint density at radius 1 is 1.53 bits per heavy atom. The zero-order chi connectivity index (χ0) is 10.3. The highest BCUT2D eigenvalue weighted by Gasteiger charge is 2.13. The van der Waals surface area contributed by atoms with Crippen molar-refractivity contribution in [3.63, 3.8) is 0 Å². The van der Waals surface area contributed by atoms with Gasteiger partial charge in [-0.3, -0.25) is 9.97 Å². The Morgan fingerprint density at radius 2 is 2.53 bits per heavy atom. The maximum atomic E-state index is 5.59. The Bertz CT molecular complexity index is 273. The molecule has 0 bridgehead atoms. The summed E-state index contributed by atoms with van der Waals surface area (Å²) in [6, 6.07) is 0. The lowest BCUT2D eigenvalue weighted by molar-refractivity contribution is -0.161. The summed E-state index contributed by atoms with van der Waals surface area (Å²) in [5.41, 5.74) is 0.935. The largest absolute Gasteiger partial charge is 0.353 e. The van der Waals surface area contributed by atoms with E-state index < -0.39 is 0 Å². The number of nitrogens with zero attached hydrogens (tertiary/aromatic N) is 2. The molecule has 1 aliphatic rings. The maximum absolute atomic E-state index is 5.59. The Hall–Kier alpha value is -1.00. The minimum absolute atomic E-state index is 0.0121. The van der Waals surface area contributed by atoms with Gasteiger partial charge in [-0.05, 0) is 19.3 Å². The number of hydrogen-bond donors (Lipinski definition) is 0.